The average Bonchev–Trinajstić information content (AvgIpc) is 3.33. The third-order valence-corrected chi connectivity index (χ3v) is 6.33. The molecule has 0 spiro atoms. The molecule has 1 saturated carbocycles. The van der Waals surface area contributed by atoms with Crippen molar-refractivity contribution in [2.45, 2.75) is 44.1 Å². The van der Waals surface area contributed by atoms with E-state index in [0.717, 1.165) is 24.0 Å². The summed E-state index contributed by atoms with van der Waals surface area (Å²) in [6, 6.07) is 16.3. The van der Waals surface area contributed by atoms with Crippen molar-refractivity contribution in [2.75, 3.05) is 13.2 Å². The Balaban J connectivity index is 1.19. The zero-order valence-corrected chi connectivity index (χ0v) is 17.9. The van der Waals surface area contributed by atoms with Gasteiger partial charge in [0.1, 0.15) is 6.61 Å². The Hall–Kier alpha value is -3.35. The van der Waals surface area contributed by atoms with Gasteiger partial charge in [-0.1, -0.05) is 48.5 Å². The zero-order valence-electron chi connectivity index (χ0n) is 17.9. The molecule has 2 atom stereocenters. The van der Waals surface area contributed by atoms with Gasteiger partial charge in [-0.05, 0) is 47.4 Å². The lowest BCUT2D eigenvalue weighted by Gasteiger charge is -2.15. The number of rotatable bonds is 8. The highest BCUT2D eigenvalue weighted by atomic mass is 16.5. The Morgan fingerprint density at radius 1 is 0.969 bits per heavy atom. The van der Waals surface area contributed by atoms with Gasteiger partial charge in [0.15, 0.2) is 0 Å². The van der Waals surface area contributed by atoms with Crippen molar-refractivity contribution in [1.82, 2.24) is 10.6 Å². The summed E-state index contributed by atoms with van der Waals surface area (Å²) in [6.45, 7) is 0.423. The van der Waals surface area contributed by atoms with Gasteiger partial charge in [0.2, 0.25) is 5.91 Å². The van der Waals surface area contributed by atoms with Gasteiger partial charge in [-0.15, -0.1) is 0 Å². The maximum absolute atomic E-state index is 12.2. The van der Waals surface area contributed by atoms with Crippen LogP contribution in [0.2, 0.25) is 0 Å². The summed E-state index contributed by atoms with van der Waals surface area (Å²) in [4.78, 5) is 35.1. The smallest absolute Gasteiger partial charge is 0.407 e. The molecule has 2 unspecified atom stereocenters. The molecule has 7 heteroatoms. The molecule has 7 nitrogen and oxygen atoms in total. The number of ether oxygens (including phenoxy) is 1. The highest BCUT2D eigenvalue weighted by molar-refractivity contribution is 5.79. The lowest BCUT2D eigenvalue weighted by molar-refractivity contribution is -0.138. The van der Waals surface area contributed by atoms with E-state index in [9.17, 15) is 14.4 Å². The second-order valence-electron chi connectivity index (χ2n) is 8.54. The van der Waals surface area contributed by atoms with Crippen molar-refractivity contribution in [2.24, 2.45) is 5.92 Å². The van der Waals surface area contributed by atoms with Gasteiger partial charge in [0, 0.05) is 31.3 Å². The molecule has 3 N–H and O–H groups in total. The van der Waals surface area contributed by atoms with Crippen LogP contribution in [-0.2, 0) is 14.3 Å². The van der Waals surface area contributed by atoms with E-state index in [4.69, 9.17) is 9.84 Å². The maximum Gasteiger partial charge on any atom is 0.407 e. The standard InChI is InChI=1S/C25H28N2O5/c28-23(27-17-10-9-16(13-17)14-24(29)30)11-12-26-25(31)32-15-22-20-7-3-1-5-18(20)19-6-2-4-8-21(19)22/h1-8,16-17,22H,9-15H2,(H,26,31)(H,27,28)(H,29,30). The summed E-state index contributed by atoms with van der Waals surface area (Å²) >= 11 is 0. The molecule has 32 heavy (non-hydrogen) atoms. The Bertz CT molecular complexity index is 960. The first kappa shape index (κ1) is 21.9. The number of alkyl carbamates (subject to hydrolysis) is 1. The van der Waals surface area contributed by atoms with Gasteiger partial charge < -0.3 is 20.5 Å². The molecule has 2 aliphatic carbocycles. The van der Waals surface area contributed by atoms with Gasteiger partial charge in [-0.2, -0.15) is 0 Å². The quantitative estimate of drug-likeness (QED) is 0.586. The second-order valence-corrected chi connectivity index (χ2v) is 8.54. The number of carbonyl (C=O) groups excluding carboxylic acids is 2. The Morgan fingerprint density at radius 3 is 2.28 bits per heavy atom. The molecule has 0 radical (unpaired) electrons. The topological polar surface area (TPSA) is 105 Å². The van der Waals surface area contributed by atoms with E-state index in [1.807, 2.05) is 24.3 Å². The minimum Gasteiger partial charge on any atom is -0.481 e. The first-order valence-electron chi connectivity index (χ1n) is 11.1. The van der Waals surface area contributed by atoms with E-state index < -0.39 is 12.1 Å². The fourth-order valence-electron chi connectivity index (χ4n) is 4.87. The number of amides is 2. The summed E-state index contributed by atoms with van der Waals surface area (Å²) in [6.07, 6.45) is 2.07. The van der Waals surface area contributed by atoms with E-state index in [1.165, 1.54) is 11.1 Å². The molecule has 0 bridgehead atoms. The van der Waals surface area contributed by atoms with E-state index in [2.05, 4.69) is 34.9 Å². The summed E-state index contributed by atoms with van der Waals surface area (Å²) in [5, 5.41) is 14.5. The van der Waals surface area contributed by atoms with Crippen molar-refractivity contribution < 1.29 is 24.2 Å². The third kappa shape index (κ3) is 5.10. The van der Waals surface area contributed by atoms with Crippen molar-refractivity contribution in [3.05, 3.63) is 59.7 Å². The van der Waals surface area contributed by atoms with Gasteiger partial charge in [0.25, 0.3) is 0 Å². The van der Waals surface area contributed by atoms with Crippen LogP contribution >= 0.6 is 0 Å². The molecule has 4 rings (SSSR count). The molecule has 0 aliphatic heterocycles. The Morgan fingerprint density at radius 2 is 1.62 bits per heavy atom. The van der Waals surface area contributed by atoms with Crippen molar-refractivity contribution in [3.8, 4) is 11.1 Å². The number of hydrogen-bond acceptors (Lipinski definition) is 4. The predicted octanol–water partition coefficient (Wildman–Crippen LogP) is 3.67. The number of nitrogens with one attached hydrogen (secondary N) is 2. The van der Waals surface area contributed by atoms with E-state index in [-0.39, 0.29) is 49.8 Å². The third-order valence-electron chi connectivity index (χ3n) is 6.33. The second kappa shape index (κ2) is 9.85. The van der Waals surface area contributed by atoms with Crippen LogP contribution in [0.3, 0.4) is 0 Å². The van der Waals surface area contributed by atoms with Crippen molar-refractivity contribution >= 4 is 18.0 Å². The van der Waals surface area contributed by atoms with Crippen LogP contribution in [0.25, 0.3) is 11.1 Å². The molecule has 2 aliphatic rings. The number of hydrogen-bond donors (Lipinski definition) is 3. The Labute approximate surface area is 187 Å². The molecule has 0 aromatic heterocycles. The van der Waals surface area contributed by atoms with Crippen molar-refractivity contribution in [3.63, 3.8) is 0 Å². The SMILES string of the molecule is O=C(O)CC1CCC(NC(=O)CCNC(=O)OCC2c3ccccc3-c3ccccc32)C1. The number of aliphatic carboxylic acids is 1. The van der Waals surface area contributed by atoms with Crippen LogP contribution < -0.4 is 10.6 Å². The lowest BCUT2D eigenvalue weighted by atomic mass is 9.98. The van der Waals surface area contributed by atoms with Crippen molar-refractivity contribution in [1.29, 1.82) is 0 Å². The Kier molecular flexibility index (Phi) is 6.73. The molecular weight excluding hydrogens is 408 g/mol. The van der Waals surface area contributed by atoms with E-state index in [1.54, 1.807) is 0 Å². The van der Waals surface area contributed by atoms with Crippen LogP contribution in [-0.4, -0.2) is 42.3 Å². The molecule has 2 amide bonds. The number of benzene rings is 2. The van der Waals surface area contributed by atoms with Crippen LogP contribution in [0.5, 0.6) is 0 Å². The average molecular weight is 437 g/mol. The highest BCUT2D eigenvalue weighted by Crippen LogP contribution is 2.44. The molecule has 168 valence electrons. The molecular formula is C25H28N2O5. The summed E-state index contributed by atoms with van der Waals surface area (Å²) in [5.74, 6) is -0.825. The fourth-order valence-corrected chi connectivity index (χ4v) is 4.87. The first-order valence-corrected chi connectivity index (χ1v) is 11.1. The summed E-state index contributed by atoms with van der Waals surface area (Å²) < 4.78 is 5.47. The van der Waals surface area contributed by atoms with Crippen LogP contribution in [0, 0.1) is 5.92 Å². The summed E-state index contributed by atoms with van der Waals surface area (Å²) in [5.41, 5.74) is 4.65. The molecule has 0 heterocycles. The normalized spacial score (nSPS) is 19.1. The summed E-state index contributed by atoms with van der Waals surface area (Å²) in [7, 11) is 0. The van der Waals surface area contributed by atoms with Crippen LogP contribution in [0.1, 0.15) is 49.1 Å². The number of fused-ring (bicyclic) bond motifs is 3. The zero-order chi connectivity index (χ0) is 22.5. The van der Waals surface area contributed by atoms with E-state index in [0.29, 0.717) is 6.42 Å². The van der Waals surface area contributed by atoms with E-state index >= 15 is 0 Å². The number of carboxylic acids is 1. The highest BCUT2D eigenvalue weighted by Gasteiger charge is 2.29. The first-order chi connectivity index (χ1) is 15.5. The van der Waals surface area contributed by atoms with Gasteiger partial charge in [-0.3, -0.25) is 9.59 Å². The number of carboxylic acid groups (broad SMARTS) is 1. The van der Waals surface area contributed by atoms with Gasteiger partial charge in [-0.25, -0.2) is 4.79 Å². The lowest BCUT2D eigenvalue weighted by Crippen LogP contribution is -2.36. The predicted molar refractivity (Wildman–Crippen MR) is 119 cm³/mol. The molecule has 1 fully saturated rings. The van der Waals surface area contributed by atoms with Crippen LogP contribution in [0.4, 0.5) is 4.79 Å². The maximum atomic E-state index is 12.2. The van der Waals surface area contributed by atoms with Crippen LogP contribution in [0.15, 0.2) is 48.5 Å². The monoisotopic (exact) mass is 436 g/mol. The van der Waals surface area contributed by atoms with Gasteiger partial charge in [0.05, 0.1) is 0 Å². The largest absolute Gasteiger partial charge is 0.481 e. The molecule has 2 aromatic carbocycles. The fraction of sp³-hybridized carbons (Fsp3) is 0.400. The molecule has 2 aromatic rings. The minimum absolute atomic E-state index is 0.00226. The number of carbonyl (C=O) groups is 3. The molecule has 0 saturated heterocycles. The minimum atomic E-state index is -0.797. The van der Waals surface area contributed by atoms with Gasteiger partial charge >= 0.3 is 12.1 Å².